The van der Waals surface area contributed by atoms with Gasteiger partial charge in [-0.1, -0.05) is 39.0 Å². The van der Waals surface area contributed by atoms with Crippen molar-refractivity contribution in [3.05, 3.63) is 29.3 Å². The first-order valence-corrected chi connectivity index (χ1v) is 7.06. The van der Waals surface area contributed by atoms with Gasteiger partial charge >= 0.3 is 0 Å². The summed E-state index contributed by atoms with van der Waals surface area (Å²) in [5, 5.41) is 13.1. The predicted octanol–water partition coefficient (Wildman–Crippen LogP) is 2.09. The van der Waals surface area contributed by atoms with Crippen LogP contribution < -0.4 is 11.1 Å². The third-order valence-electron chi connectivity index (χ3n) is 3.31. The summed E-state index contributed by atoms with van der Waals surface area (Å²) in [7, 11) is 0. The van der Waals surface area contributed by atoms with Crippen LogP contribution in [-0.2, 0) is 16.6 Å². The molecule has 1 aromatic rings. The number of hydrogen-bond donors (Lipinski definition) is 3. The van der Waals surface area contributed by atoms with Gasteiger partial charge in [0.1, 0.15) is 5.75 Å². The number of phenols is 1. The summed E-state index contributed by atoms with van der Waals surface area (Å²) in [5.74, 6) is 0.267. The third-order valence-corrected chi connectivity index (χ3v) is 3.31. The van der Waals surface area contributed by atoms with Crippen LogP contribution in [0.25, 0.3) is 0 Å². The van der Waals surface area contributed by atoms with Crippen molar-refractivity contribution in [1.29, 1.82) is 0 Å². The molecule has 20 heavy (non-hydrogen) atoms. The fourth-order valence-corrected chi connectivity index (χ4v) is 2.05. The first kappa shape index (κ1) is 16.5. The Hall–Kier alpha value is -1.55. The van der Waals surface area contributed by atoms with Crippen molar-refractivity contribution in [3.63, 3.8) is 0 Å². The summed E-state index contributed by atoms with van der Waals surface area (Å²) in [4.78, 5) is 11.7. The average molecular weight is 278 g/mol. The van der Waals surface area contributed by atoms with Crippen LogP contribution >= 0.6 is 0 Å². The van der Waals surface area contributed by atoms with Gasteiger partial charge in [-0.15, -0.1) is 0 Å². The number of nitrogens with one attached hydrogen (secondary N) is 1. The zero-order valence-corrected chi connectivity index (χ0v) is 12.9. The molecule has 4 heteroatoms. The molecule has 4 nitrogen and oxygen atoms in total. The van der Waals surface area contributed by atoms with Gasteiger partial charge in [-0.25, -0.2) is 0 Å². The Bertz CT molecular complexity index is 464. The van der Waals surface area contributed by atoms with Gasteiger partial charge in [0.05, 0.1) is 0 Å². The lowest BCUT2D eigenvalue weighted by Crippen LogP contribution is -2.37. The number of benzene rings is 1. The molecule has 0 aliphatic rings. The van der Waals surface area contributed by atoms with Gasteiger partial charge in [0.2, 0.25) is 5.91 Å². The smallest absolute Gasteiger partial charge is 0.220 e. The van der Waals surface area contributed by atoms with Crippen LogP contribution in [0.15, 0.2) is 18.2 Å². The molecule has 0 saturated heterocycles. The number of carbonyl (C=O) groups is 1. The zero-order valence-electron chi connectivity index (χ0n) is 12.9. The van der Waals surface area contributed by atoms with Crippen LogP contribution in [0, 0.1) is 0 Å². The van der Waals surface area contributed by atoms with Crippen LogP contribution in [0.5, 0.6) is 5.75 Å². The lowest BCUT2D eigenvalue weighted by Gasteiger charge is -2.22. The summed E-state index contributed by atoms with van der Waals surface area (Å²) in [6.07, 6.45) is 0.879. The maximum absolute atomic E-state index is 11.7. The molecular weight excluding hydrogens is 252 g/mol. The molecule has 0 spiro atoms. The van der Waals surface area contributed by atoms with Gasteiger partial charge in [-0.05, 0) is 29.9 Å². The highest BCUT2D eigenvalue weighted by Gasteiger charge is 2.19. The second-order valence-corrected chi connectivity index (χ2v) is 6.27. The van der Waals surface area contributed by atoms with Gasteiger partial charge in [-0.3, -0.25) is 4.79 Å². The van der Waals surface area contributed by atoms with E-state index in [0.29, 0.717) is 25.1 Å². The molecule has 112 valence electrons. The molecule has 0 aromatic heterocycles. The Morgan fingerprint density at radius 2 is 2.05 bits per heavy atom. The Balaban J connectivity index is 2.72. The number of aromatic hydroxyl groups is 1. The van der Waals surface area contributed by atoms with E-state index in [1.807, 2.05) is 25.1 Å². The number of rotatable bonds is 5. The minimum absolute atomic E-state index is 0.0167. The molecule has 0 aliphatic heterocycles. The highest BCUT2D eigenvalue weighted by Crippen LogP contribution is 2.33. The first-order valence-electron chi connectivity index (χ1n) is 7.06. The van der Waals surface area contributed by atoms with E-state index in [-0.39, 0.29) is 17.4 Å². The Morgan fingerprint density at radius 3 is 2.60 bits per heavy atom. The number of nitrogens with two attached hydrogens (primary N) is 1. The number of para-hydroxylation sites is 1. The zero-order chi connectivity index (χ0) is 15.3. The molecule has 1 atom stereocenters. The maximum atomic E-state index is 11.7. The molecule has 0 saturated carbocycles. The largest absolute Gasteiger partial charge is 0.507 e. The molecule has 1 amide bonds. The molecule has 1 rings (SSSR count). The van der Waals surface area contributed by atoms with E-state index >= 15 is 0 Å². The highest BCUT2D eigenvalue weighted by molar-refractivity contribution is 5.76. The SMILES string of the molecule is CC(CN)NC(=O)CCc1cccc(C(C)(C)C)c1O. The summed E-state index contributed by atoms with van der Waals surface area (Å²) in [6.45, 7) is 8.47. The van der Waals surface area contributed by atoms with Crippen LogP contribution in [0.4, 0.5) is 0 Å². The maximum Gasteiger partial charge on any atom is 0.220 e. The number of hydrogen-bond acceptors (Lipinski definition) is 3. The molecule has 0 radical (unpaired) electrons. The van der Waals surface area contributed by atoms with Gasteiger partial charge in [0, 0.05) is 19.0 Å². The van der Waals surface area contributed by atoms with Crippen molar-refractivity contribution in [2.75, 3.05) is 6.54 Å². The molecule has 0 heterocycles. The quantitative estimate of drug-likeness (QED) is 0.772. The third kappa shape index (κ3) is 4.53. The van der Waals surface area contributed by atoms with Gasteiger partial charge < -0.3 is 16.2 Å². The minimum atomic E-state index is -0.115. The number of phenolic OH excluding ortho intramolecular Hbond substituents is 1. The van der Waals surface area contributed by atoms with Crippen molar-refractivity contribution >= 4 is 5.91 Å². The van der Waals surface area contributed by atoms with Gasteiger partial charge in [0.15, 0.2) is 0 Å². The molecule has 0 fully saturated rings. The summed E-state index contributed by atoms with van der Waals surface area (Å²) < 4.78 is 0. The lowest BCUT2D eigenvalue weighted by molar-refractivity contribution is -0.121. The van der Waals surface area contributed by atoms with Crippen LogP contribution in [0.2, 0.25) is 0 Å². The standard InChI is InChI=1S/C16H26N2O2/c1-11(10-17)18-14(19)9-8-12-6-5-7-13(15(12)20)16(2,3)4/h5-7,11,20H,8-10,17H2,1-4H3,(H,18,19). The van der Waals surface area contributed by atoms with E-state index in [2.05, 4.69) is 26.1 Å². The van der Waals surface area contributed by atoms with E-state index in [4.69, 9.17) is 5.73 Å². The molecule has 0 aliphatic carbocycles. The summed E-state index contributed by atoms with van der Waals surface area (Å²) in [6, 6.07) is 5.70. The molecule has 1 unspecified atom stereocenters. The minimum Gasteiger partial charge on any atom is -0.507 e. The Labute approximate surface area is 121 Å². The number of amides is 1. The molecule has 4 N–H and O–H groups in total. The van der Waals surface area contributed by atoms with E-state index in [0.717, 1.165) is 11.1 Å². The fourth-order valence-electron chi connectivity index (χ4n) is 2.05. The second kappa shape index (κ2) is 6.75. The van der Waals surface area contributed by atoms with Crippen molar-refractivity contribution in [2.45, 2.75) is 52.0 Å². The van der Waals surface area contributed by atoms with Gasteiger partial charge in [-0.2, -0.15) is 0 Å². The van der Waals surface area contributed by atoms with Crippen molar-refractivity contribution in [3.8, 4) is 5.75 Å². The van der Waals surface area contributed by atoms with Crippen LogP contribution in [0.3, 0.4) is 0 Å². The van der Waals surface area contributed by atoms with Gasteiger partial charge in [0.25, 0.3) is 0 Å². The normalized spacial score (nSPS) is 13.1. The van der Waals surface area contributed by atoms with Crippen molar-refractivity contribution in [2.24, 2.45) is 5.73 Å². The van der Waals surface area contributed by atoms with E-state index in [1.165, 1.54) is 0 Å². The van der Waals surface area contributed by atoms with E-state index in [9.17, 15) is 9.90 Å². The number of carbonyl (C=O) groups excluding carboxylic acids is 1. The Morgan fingerprint density at radius 1 is 1.40 bits per heavy atom. The van der Waals surface area contributed by atoms with E-state index in [1.54, 1.807) is 0 Å². The monoisotopic (exact) mass is 278 g/mol. The summed E-state index contributed by atoms with van der Waals surface area (Å²) >= 11 is 0. The van der Waals surface area contributed by atoms with E-state index < -0.39 is 0 Å². The van der Waals surface area contributed by atoms with Crippen LogP contribution in [0.1, 0.15) is 45.2 Å². The molecule has 0 bridgehead atoms. The average Bonchev–Trinajstić information content (AvgIpc) is 2.36. The first-order chi connectivity index (χ1) is 9.25. The Kier molecular flexibility index (Phi) is 5.57. The van der Waals surface area contributed by atoms with Crippen LogP contribution in [-0.4, -0.2) is 23.6 Å². The molecular formula is C16H26N2O2. The highest BCUT2D eigenvalue weighted by atomic mass is 16.3. The lowest BCUT2D eigenvalue weighted by atomic mass is 9.85. The fraction of sp³-hybridized carbons (Fsp3) is 0.562. The summed E-state index contributed by atoms with van der Waals surface area (Å²) in [5.41, 5.74) is 7.07. The van der Waals surface area contributed by atoms with Crippen molar-refractivity contribution in [1.82, 2.24) is 5.32 Å². The predicted molar refractivity (Wildman–Crippen MR) is 81.8 cm³/mol. The van der Waals surface area contributed by atoms with Crippen molar-refractivity contribution < 1.29 is 9.90 Å². The second-order valence-electron chi connectivity index (χ2n) is 6.27. The number of aryl methyl sites for hydroxylation is 1. The topological polar surface area (TPSA) is 75.3 Å². The molecule has 1 aromatic carbocycles.